The van der Waals surface area contributed by atoms with Crippen molar-refractivity contribution in [3.05, 3.63) is 0 Å². The molecule has 1 fully saturated rings. The SMILES string of the molecule is CNCC1(OCCCC(F)(F)F)CCC(C(C)(C)C)CC1. The van der Waals surface area contributed by atoms with Crippen LogP contribution in [0.2, 0.25) is 0 Å². The highest BCUT2D eigenvalue weighted by atomic mass is 19.4. The predicted molar refractivity (Wildman–Crippen MR) is 79.3 cm³/mol. The van der Waals surface area contributed by atoms with Crippen LogP contribution < -0.4 is 5.32 Å². The Morgan fingerprint density at radius 3 is 2.14 bits per heavy atom. The molecule has 0 aliphatic heterocycles. The van der Waals surface area contributed by atoms with Crippen LogP contribution >= 0.6 is 0 Å². The molecule has 0 amide bonds. The lowest BCUT2D eigenvalue weighted by Crippen LogP contribution is -2.46. The van der Waals surface area contributed by atoms with E-state index in [1.165, 1.54) is 0 Å². The monoisotopic (exact) mass is 309 g/mol. The van der Waals surface area contributed by atoms with Crippen molar-refractivity contribution >= 4 is 0 Å². The fourth-order valence-electron chi connectivity index (χ4n) is 3.27. The molecule has 21 heavy (non-hydrogen) atoms. The quantitative estimate of drug-likeness (QED) is 0.727. The van der Waals surface area contributed by atoms with E-state index in [4.69, 9.17) is 4.74 Å². The molecule has 0 heterocycles. The number of ether oxygens (including phenoxy) is 1. The molecule has 126 valence electrons. The molecule has 0 aromatic carbocycles. The van der Waals surface area contributed by atoms with Gasteiger partial charge in [0.25, 0.3) is 0 Å². The van der Waals surface area contributed by atoms with Crippen molar-refractivity contribution < 1.29 is 17.9 Å². The molecule has 0 unspecified atom stereocenters. The molecule has 1 aliphatic carbocycles. The zero-order valence-corrected chi connectivity index (χ0v) is 13.8. The van der Waals surface area contributed by atoms with Crippen molar-refractivity contribution in [1.82, 2.24) is 5.32 Å². The van der Waals surface area contributed by atoms with E-state index in [0.717, 1.165) is 32.2 Å². The minimum atomic E-state index is -4.08. The van der Waals surface area contributed by atoms with E-state index in [2.05, 4.69) is 26.1 Å². The Labute approximate surface area is 126 Å². The van der Waals surface area contributed by atoms with E-state index in [1.807, 2.05) is 7.05 Å². The van der Waals surface area contributed by atoms with Crippen LogP contribution in [0.1, 0.15) is 59.3 Å². The van der Waals surface area contributed by atoms with Crippen LogP contribution in [-0.2, 0) is 4.74 Å². The largest absolute Gasteiger partial charge is 0.389 e. The highest BCUT2D eigenvalue weighted by Gasteiger charge is 2.39. The first kappa shape index (κ1) is 18.8. The van der Waals surface area contributed by atoms with E-state index >= 15 is 0 Å². The van der Waals surface area contributed by atoms with Gasteiger partial charge in [-0.1, -0.05) is 20.8 Å². The minimum absolute atomic E-state index is 0.0532. The lowest BCUT2D eigenvalue weighted by molar-refractivity contribution is -0.144. The number of nitrogens with one attached hydrogen (secondary N) is 1. The van der Waals surface area contributed by atoms with E-state index in [0.29, 0.717) is 11.3 Å². The third-order valence-electron chi connectivity index (χ3n) is 4.63. The summed E-state index contributed by atoms with van der Waals surface area (Å²) in [5.74, 6) is 0.668. The summed E-state index contributed by atoms with van der Waals surface area (Å²) >= 11 is 0. The molecule has 0 atom stereocenters. The average molecular weight is 309 g/mol. The van der Waals surface area contributed by atoms with Gasteiger partial charge in [0.1, 0.15) is 0 Å². The number of likely N-dealkylation sites (N-methyl/N-ethyl adjacent to an activating group) is 1. The summed E-state index contributed by atoms with van der Waals surface area (Å²) in [5, 5.41) is 3.14. The van der Waals surface area contributed by atoms with Gasteiger partial charge in [-0.2, -0.15) is 13.2 Å². The fourth-order valence-corrected chi connectivity index (χ4v) is 3.27. The Hall–Kier alpha value is -0.290. The molecule has 0 saturated heterocycles. The van der Waals surface area contributed by atoms with Gasteiger partial charge in [0.15, 0.2) is 0 Å². The van der Waals surface area contributed by atoms with Crippen LogP contribution in [0.3, 0.4) is 0 Å². The standard InChI is InChI=1S/C16H30F3NO/c1-14(2,3)13-6-9-15(10-7-13,12-20-4)21-11-5-8-16(17,18)19/h13,20H,5-12H2,1-4H3. The summed E-state index contributed by atoms with van der Waals surface area (Å²) in [7, 11) is 1.87. The highest BCUT2D eigenvalue weighted by molar-refractivity contribution is 4.91. The van der Waals surface area contributed by atoms with E-state index in [9.17, 15) is 13.2 Å². The summed E-state index contributed by atoms with van der Waals surface area (Å²) in [6.07, 6.45) is -0.743. The molecule has 0 spiro atoms. The lowest BCUT2D eigenvalue weighted by atomic mass is 9.68. The van der Waals surface area contributed by atoms with Crippen LogP contribution in [-0.4, -0.2) is 32.0 Å². The third-order valence-corrected chi connectivity index (χ3v) is 4.63. The second kappa shape index (κ2) is 7.32. The Bertz CT molecular complexity index is 302. The van der Waals surface area contributed by atoms with Gasteiger partial charge in [0, 0.05) is 19.6 Å². The van der Waals surface area contributed by atoms with Crippen molar-refractivity contribution in [3.8, 4) is 0 Å². The van der Waals surface area contributed by atoms with Gasteiger partial charge >= 0.3 is 6.18 Å². The first-order valence-corrected chi connectivity index (χ1v) is 7.93. The van der Waals surface area contributed by atoms with Crippen LogP contribution in [0.25, 0.3) is 0 Å². The van der Waals surface area contributed by atoms with Crippen molar-refractivity contribution in [2.75, 3.05) is 20.2 Å². The Kier molecular flexibility index (Phi) is 6.54. The first-order valence-electron chi connectivity index (χ1n) is 7.93. The summed E-state index contributed by atoms with van der Waals surface area (Å²) in [6, 6.07) is 0. The molecular weight excluding hydrogens is 279 g/mol. The second-order valence-corrected chi connectivity index (χ2v) is 7.42. The van der Waals surface area contributed by atoms with Crippen LogP contribution in [0.5, 0.6) is 0 Å². The van der Waals surface area contributed by atoms with Crippen LogP contribution in [0.15, 0.2) is 0 Å². The zero-order chi connectivity index (χ0) is 16.1. The molecule has 1 saturated carbocycles. The van der Waals surface area contributed by atoms with Crippen molar-refractivity contribution in [3.63, 3.8) is 0 Å². The first-order chi connectivity index (χ1) is 9.58. The fraction of sp³-hybridized carbons (Fsp3) is 1.00. The number of hydrogen-bond acceptors (Lipinski definition) is 2. The maximum atomic E-state index is 12.2. The number of halogens is 3. The van der Waals surface area contributed by atoms with Crippen molar-refractivity contribution in [2.45, 2.75) is 71.1 Å². The minimum Gasteiger partial charge on any atom is -0.374 e. The van der Waals surface area contributed by atoms with Gasteiger partial charge < -0.3 is 10.1 Å². The number of hydrogen-bond donors (Lipinski definition) is 1. The smallest absolute Gasteiger partial charge is 0.374 e. The van der Waals surface area contributed by atoms with E-state index in [-0.39, 0.29) is 18.6 Å². The number of rotatable bonds is 6. The average Bonchev–Trinajstić information content (AvgIpc) is 2.34. The van der Waals surface area contributed by atoms with Gasteiger partial charge in [0.05, 0.1) is 5.60 Å². The molecule has 0 aromatic heterocycles. The van der Waals surface area contributed by atoms with E-state index < -0.39 is 12.6 Å². The van der Waals surface area contributed by atoms with Gasteiger partial charge in [0.2, 0.25) is 0 Å². The van der Waals surface area contributed by atoms with Gasteiger partial charge in [-0.3, -0.25) is 0 Å². The zero-order valence-electron chi connectivity index (χ0n) is 13.8. The van der Waals surface area contributed by atoms with Crippen LogP contribution in [0.4, 0.5) is 13.2 Å². The summed E-state index contributed by atoms with van der Waals surface area (Å²) < 4.78 is 42.4. The Balaban J connectivity index is 2.46. The summed E-state index contributed by atoms with van der Waals surface area (Å²) in [6.45, 7) is 7.68. The molecule has 0 bridgehead atoms. The molecule has 1 aliphatic rings. The molecule has 2 nitrogen and oxygen atoms in total. The molecule has 5 heteroatoms. The predicted octanol–water partition coefficient (Wildman–Crippen LogP) is 4.54. The maximum Gasteiger partial charge on any atom is 0.389 e. The second-order valence-electron chi connectivity index (χ2n) is 7.42. The molecule has 0 radical (unpaired) electrons. The van der Waals surface area contributed by atoms with Gasteiger partial charge in [-0.15, -0.1) is 0 Å². The van der Waals surface area contributed by atoms with Crippen molar-refractivity contribution in [2.24, 2.45) is 11.3 Å². The topological polar surface area (TPSA) is 21.3 Å². The Morgan fingerprint density at radius 1 is 1.14 bits per heavy atom. The molecular formula is C16H30F3NO. The highest BCUT2D eigenvalue weighted by Crippen LogP contribution is 2.42. The van der Waals surface area contributed by atoms with Gasteiger partial charge in [-0.25, -0.2) is 0 Å². The van der Waals surface area contributed by atoms with Crippen LogP contribution in [0, 0.1) is 11.3 Å². The van der Waals surface area contributed by atoms with Crippen molar-refractivity contribution in [1.29, 1.82) is 0 Å². The third kappa shape index (κ3) is 6.55. The lowest BCUT2D eigenvalue weighted by Gasteiger charge is -2.44. The molecule has 1 N–H and O–H groups in total. The van der Waals surface area contributed by atoms with Gasteiger partial charge in [-0.05, 0) is 50.5 Å². The maximum absolute atomic E-state index is 12.2. The molecule has 1 rings (SSSR count). The Morgan fingerprint density at radius 2 is 1.71 bits per heavy atom. The molecule has 0 aromatic rings. The number of alkyl halides is 3. The summed E-state index contributed by atoms with van der Waals surface area (Å²) in [5.41, 5.74) is 0.0180. The summed E-state index contributed by atoms with van der Waals surface area (Å²) in [4.78, 5) is 0. The normalized spacial score (nSPS) is 27.9. The van der Waals surface area contributed by atoms with E-state index in [1.54, 1.807) is 0 Å².